The maximum atomic E-state index is 12.7. The molecule has 1 saturated carbocycles. The summed E-state index contributed by atoms with van der Waals surface area (Å²) in [4.78, 5) is 14.0. The molecule has 0 aliphatic heterocycles. The maximum absolute atomic E-state index is 12.7. The molecule has 1 fully saturated rings. The van der Waals surface area contributed by atoms with E-state index >= 15 is 0 Å². The van der Waals surface area contributed by atoms with Crippen LogP contribution in [0.1, 0.15) is 23.2 Å². The third-order valence-corrected chi connectivity index (χ3v) is 3.80. The number of hydrogen-bond donors (Lipinski definition) is 2. The van der Waals surface area contributed by atoms with Crippen LogP contribution in [0, 0.1) is 11.3 Å². The summed E-state index contributed by atoms with van der Waals surface area (Å²) in [7, 11) is 0. The first-order chi connectivity index (χ1) is 10.2. The monoisotopic (exact) mass is 282 g/mol. The van der Waals surface area contributed by atoms with Crippen LogP contribution in [0.5, 0.6) is 0 Å². The quantitative estimate of drug-likeness (QED) is 0.831. The summed E-state index contributed by atoms with van der Waals surface area (Å²) in [6, 6.07) is 9.24. The largest absolute Gasteiger partial charge is 0.376 e. The van der Waals surface area contributed by atoms with E-state index in [4.69, 9.17) is 0 Å². The van der Waals surface area contributed by atoms with E-state index in [1.807, 2.05) is 12.1 Å². The van der Waals surface area contributed by atoms with Crippen molar-refractivity contribution in [2.45, 2.75) is 18.4 Å². The van der Waals surface area contributed by atoms with E-state index < -0.39 is 12.3 Å². The van der Waals surface area contributed by atoms with Gasteiger partial charge in [0.05, 0.1) is 12.3 Å². The number of carbonyl (C=O) groups is 1. The normalized spacial score (nSPS) is 15.2. The van der Waals surface area contributed by atoms with E-state index in [1.165, 1.54) is 4.90 Å². The highest BCUT2D eigenvalue weighted by Gasteiger charge is 2.51. The third-order valence-electron chi connectivity index (χ3n) is 3.80. The fourth-order valence-corrected chi connectivity index (χ4v) is 2.42. The first-order valence-electron chi connectivity index (χ1n) is 6.64. The van der Waals surface area contributed by atoms with E-state index in [0.29, 0.717) is 18.4 Å². The van der Waals surface area contributed by atoms with E-state index in [0.717, 1.165) is 11.1 Å². The van der Waals surface area contributed by atoms with Gasteiger partial charge in [0.1, 0.15) is 12.3 Å². The lowest BCUT2D eigenvalue weighted by molar-refractivity contribution is 0.0449. The smallest absolute Gasteiger partial charge is 0.257 e. The van der Waals surface area contributed by atoms with Crippen molar-refractivity contribution in [2.75, 3.05) is 6.73 Å². The molecule has 2 N–H and O–H groups in total. The molecule has 0 saturated heterocycles. The summed E-state index contributed by atoms with van der Waals surface area (Å²) in [6.07, 6.45) is 4.53. The van der Waals surface area contributed by atoms with Crippen molar-refractivity contribution in [3.63, 3.8) is 0 Å². The van der Waals surface area contributed by atoms with Gasteiger partial charge in [-0.3, -0.25) is 14.8 Å². The number of H-pyrrole nitrogens is 1. The number of nitrogens with one attached hydrogen (secondary N) is 1. The van der Waals surface area contributed by atoms with Crippen LogP contribution in [-0.4, -0.2) is 38.4 Å². The van der Waals surface area contributed by atoms with Gasteiger partial charge in [0.2, 0.25) is 0 Å². The summed E-state index contributed by atoms with van der Waals surface area (Å²) in [6.45, 7) is -0.466. The molecule has 21 heavy (non-hydrogen) atoms. The van der Waals surface area contributed by atoms with Gasteiger partial charge in [0.15, 0.2) is 0 Å². The minimum atomic E-state index is -0.852. The molecule has 0 bridgehead atoms. The summed E-state index contributed by atoms with van der Waals surface area (Å²) >= 11 is 0. The zero-order chi connectivity index (χ0) is 14.9. The zero-order valence-corrected chi connectivity index (χ0v) is 11.3. The molecule has 1 heterocycles. The number of carbonyl (C=O) groups excluding carboxylic acids is 1. The van der Waals surface area contributed by atoms with Crippen LogP contribution in [0.2, 0.25) is 0 Å². The highest BCUT2D eigenvalue weighted by atomic mass is 16.3. The number of amides is 1. The van der Waals surface area contributed by atoms with Gasteiger partial charge in [0.25, 0.3) is 5.91 Å². The number of aliphatic hydroxyl groups is 1. The van der Waals surface area contributed by atoms with Crippen LogP contribution >= 0.6 is 0 Å². The van der Waals surface area contributed by atoms with Gasteiger partial charge in [-0.2, -0.15) is 10.4 Å². The Balaban J connectivity index is 2.01. The first kappa shape index (κ1) is 13.3. The van der Waals surface area contributed by atoms with Gasteiger partial charge in [-0.05, 0) is 24.5 Å². The molecule has 0 radical (unpaired) electrons. The maximum Gasteiger partial charge on any atom is 0.257 e. The second-order valence-corrected chi connectivity index (χ2v) is 5.05. The molecule has 1 aliphatic carbocycles. The molecule has 3 rings (SSSR count). The van der Waals surface area contributed by atoms with Crippen molar-refractivity contribution in [1.82, 2.24) is 15.1 Å². The molecule has 1 amide bonds. The molecule has 6 nitrogen and oxygen atoms in total. The average Bonchev–Trinajstić information content (AvgIpc) is 3.11. The Morgan fingerprint density at radius 2 is 2.24 bits per heavy atom. The van der Waals surface area contributed by atoms with Crippen molar-refractivity contribution < 1.29 is 9.90 Å². The second kappa shape index (κ2) is 5.04. The zero-order valence-electron chi connectivity index (χ0n) is 11.3. The highest BCUT2D eigenvalue weighted by Crippen LogP contribution is 2.42. The van der Waals surface area contributed by atoms with Crippen LogP contribution in [0.4, 0.5) is 0 Å². The summed E-state index contributed by atoms with van der Waals surface area (Å²) < 4.78 is 0. The SMILES string of the molecule is N#CC1(N(CO)C(=O)c2ccccc2-c2cn[nH]c2)CC1. The Labute approximate surface area is 121 Å². The Bertz CT molecular complexity index is 699. The lowest BCUT2D eigenvalue weighted by Crippen LogP contribution is -2.42. The number of aromatic nitrogens is 2. The molecule has 2 aromatic rings. The number of nitriles is 1. The number of nitrogens with zero attached hydrogens (tertiary/aromatic N) is 3. The lowest BCUT2D eigenvalue weighted by Gasteiger charge is -2.25. The topological polar surface area (TPSA) is 93.0 Å². The fraction of sp³-hybridized carbons (Fsp3) is 0.267. The third kappa shape index (κ3) is 2.18. The van der Waals surface area contributed by atoms with Crippen LogP contribution < -0.4 is 0 Å². The van der Waals surface area contributed by atoms with Crippen molar-refractivity contribution in [3.8, 4) is 17.2 Å². The molecule has 1 aromatic carbocycles. The minimum Gasteiger partial charge on any atom is -0.376 e. The standard InChI is InChI=1S/C15H14N4O2/c16-9-15(5-6-15)19(10-20)14(21)13-4-2-1-3-12(13)11-7-17-18-8-11/h1-4,7-8,20H,5-6,10H2,(H,17,18). The minimum absolute atomic E-state index is 0.339. The van der Waals surface area contributed by atoms with Gasteiger partial charge in [0, 0.05) is 17.3 Å². The molecule has 0 unspecified atom stereocenters. The van der Waals surface area contributed by atoms with E-state index in [9.17, 15) is 15.2 Å². The van der Waals surface area contributed by atoms with E-state index in [1.54, 1.807) is 24.5 Å². The van der Waals surface area contributed by atoms with Crippen LogP contribution in [0.15, 0.2) is 36.7 Å². The summed E-state index contributed by atoms with van der Waals surface area (Å²) in [5, 5.41) is 25.4. The first-order valence-corrected chi connectivity index (χ1v) is 6.64. The number of aromatic amines is 1. The molecule has 0 atom stereocenters. The van der Waals surface area contributed by atoms with Crippen molar-refractivity contribution >= 4 is 5.91 Å². The Hall–Kier alpha value is -2.65. The van der Waals surface area contributed by atoms with Gasteiger partial charge in [-0.25, -0.2) is 0 Å². The molecule has 1 aliphatic rings. The molecule has 1 aromatic heterocycles. The number of benzene rings is 1. The summed E-state index contributed by atoms with van der Waals surface area (Å²) in [5.41, 5.74) is 1.12. The Morgan fingerprint density at radius 1 is 1.48 bits per heavy atom. The Morgan fingerprint density at radius 3 is 2.81 bits per heavy atom. The highest BCUT2D eigenvalue weighted by molar-refractivity contribution is 6.01. The van der Waals surface area contributed by atoms with Crippen LogP contribution in [0.25, 0.3) is 11.1 Å². The van der Waals surface area contributed by atoms with Gasteiger partial charge < -0.3 is 5.11 Å². The number of aliphatic hydroxyl groups excluding tert-OH is 1. The number of rotatable bonds is 4. The predicted octanol–water partition coefficient (Wildman–Crippen LogP) is 1.52. The van der Waals surface area contributed by atoms with Gasteiger partial charge in [-0.15, -0.1) is 0 Å². The van der Waals surface area contributed by atoms with Crippen LogP contribution in [-0.2, 0) is 0 Å². The second-order valence-electron chi connectivity index (χ2n) is 5.05. The van der Waals surface area contributed by atoms with E-state index in [-0.39, 0.29) is 5.91 Å². The molecule has 6 heteroatoms. The summed E-state index contributed by atoms with van der Waals surface area (Å²) in [5.74, 6) is -0.339. The van der Waals surface area contributed by atoms with Crippen molar-refractivity contribution in [2.24, 2.45) is 0 Å². The fourth-order valence-electron chi connectivity index (χ4n) is 2.42. The average molecular weight is 282 g/mol. The molecular weight excluding hydrogens is 268 g/mol. The lowest BCUT2D eigenvalue weighted by atomic mass is 10.0. The van der Waals surface area contributed by atoms with Gasteiger partial charge in [-0.1, -0.05) is 18.2 Å². The van der Waals surface area contributed by atoms with Gasteiger partial charge >= 0.3 is 0 Å². The molecule has 106 valence electrons. The van der Waals surface area contributed by atoms with Crippen LogP contribution in [0.3, 0.4) is 0 Å². The van der Waals surface area contributed by atoms with E-state index in [2.05, 4.69) is 16.3 Å². The van der Waals surface area contributed by atoms with Crippen molar-refractivity contribution in [1.29, 1.82) is 5.26 Å². The molecule has 0 spiro atoms. The van der Waals surface area contributed by atoms with Crippen molar-refractivity contribution in [3.05, 3.63) is 42.2 Å². The predicted molar refractivity (Wildman–Crippen MR) is 74.9 cm³/mol. The molecular formula is C15H14N4O2. The number of hydrogen-bond acceptors (Lipinski definition) is 4. The Kier molecular flexibility index (Phi) is 3.20.